The summed E-state index contributed by atoms with van der Waals surface area (Å²) in [4.78, 5) is 16.6. The normalized spacial score (nSPS) is 14.6. The molecule has 4 rings (SSSR count). The highest BCUT2D eigenvalue weighted by molar-refractivity contribution is 5.90. The Hall–Kier alpha value is -3.06. The van der Waals surface area contributed by atoms with Crippen LogP contribution in [0.5, 0.6) is 0 Å². The first-order valence-electron chi connectivity index (χ1n) is 13.3. The lowest BCUT2D eigenvalue weighted by Gasteiger charge is -2.24. The van der Waals surface area contributed by atoms with Crippen molar-refractivity contribution >= 4 is 22.7 Å². The second-order valence-electron chi connectivity index (χ2n) is 10.1. The molecule has 1 amide bonds. The van der Waals surface area contributed by atoms with Crippen LogP contribution in [-0.4, -0.2) is 69.8 Å². The molecule has 1 atom stereocenters. The fourth-order valence-corrected chi connectivity index (χ4v) is 4.78. The van der Waals surface area contributed by atoms with Gasteiger partial charge in [-0.3, -0.25) is 0 Å². The Morgan fingerprint density at radius 1 is 1.11 bits per heavy atom. The molecule has 2 heterocycles. The van der Waals surface area contributed by atoms with Crippen molar-refractivity contribution in [2.45, 2.75) is 45.6 Å². The molecule has 1 unspecified atom stereocenters. The van der Waals surface area contributed by atoms with Gasteiger partial charge in [0.15, 0.2) is 0 Å². The second-order valence-corrected chi connectivity index (χ2v) is 10.1. The summed E-state index contributed by atoms with van der Waals surface area (Å²) in [5, 5.41) is 5.64. The molecule has 0 spiro atoms. The topological polar surface area (TPSA) is 61.0 Å². The molecule has 1 N–H and O–H groups in total. The van der Waals surface area contributed by atoms with Crippen LogP contribution in [0.2, 0.25) is 0 Å². The van der Waals surface area contributed by atoms with Crippen molar-refractivity contribution < 1.29 is 13.9 Å². The number of hydrogen-bond donors (Lipinski definition) is 1. The van der Waals surface area contributed by atoms with Crippen LogP contribution >= 0.6 is 0 Å². The van der Waals surface area contributed by atoms with E-state index in [1.54, 1.807) is 11.9 Å². The zero-order valence-corrected chi connectivity index (χ0v) is 22.5. The van der Waals surface area contributed by atoms with Gasteiger partial charge in [-0.25, -0.2) is 9.37 Å². The molecule has 1 aromatic rings. The number of nitrogens with zero attached hydrogens (tertiary/aromatic N) is 3. The number of amides is 1. The van der Waals surface area contributed by atoms with Gasteiger partial charge in [0.25, 0.3) is 0 Å². The average molecular weight is 494 g/mol. The largest absolute Gasteiger partial charge is 0.456 e. The minimum Gasteiger partial charge on any atom is -0.456 e. The van der Waals surface area contributed by atoms with Gasteiger partial charge in [-0.15, -0.1) is 0 Å². The summed E-state index contributed by atoms with van der Waals surface area (Å²) in [7, 11) is 5.77. The molecule has 1 fully saturated rings. The number of fused-ring (bicyclic) bond motifs is 2. The number of ether oxygens (including phenoxy) is 1. The first-order valence-corrected chi connectivity index (χ1v) is 13.3. The van der Waals surface area contributed by atoms with E-state index in [4.69, 9.17) is 9.15 Å². The number of rotatable bonds is 9. The van der Waals surface area contributed by atoms with E-state index < -0.39 is 6.10 Å². The van der Waals surface area contributed by atoms with Crippen LogP contribution in [-0.2, 0) is 4.74 Å². The first kappa shape index (κ1) is 26.0. The summed E-state index contributed by atoms with van der Waals surface area (Å²) in [6.45, 7) is 8.60. The molecule has 1 aliphatic carbocycles. The van der Waals surface area contributed by atoms with Gasteiger partial charge in [0.2, 0.25) is 5.36 Å². The number of likely N-dealkylation sites (N-methyl/N-ethyl adjacent to an activating group) is 2. The van der Waals surface area contributed by atoms with Gasteiger partial charge in [0.1, 0.15) is 30.5 Å². The van der Waals surface area contributed by atoms with E-state index in [2.05, 4.69) is 58.1 Å². The maximum absolute atomic E-state index is 12.9. The fraction of sp³-hybridized carbons (Fsp3) is 0.517. The van der Waals surface area contributed by atoms with Crippen LogP contribution < -0.4 is 15.2 Å². The molecule has 0 saturated carbocycles. The van der Waals surface area contributed by atoms with Crippen molar-refractivity contribution in [1.29, 1.82) is 0 Å². The highest BCUT2D eigenvalue weighted by Crippen LogP contribution is 2.38. The molecule has 3 aliphatic rings. The number of nitrogens with one attached hydrogen (secondary N) is 1. The Morgan fingerprint density at radius 2 is 1.89 bits per heavy atom. The van der Waals surface area contributed by atoms with E-state index in [0.29, 0.717) is 6.54 Å². The Bertz CT molecular complexity index is 1220. The third kappa shape index (κ3) is 6.01. The minimum absolute atomic E-state index is 0.321. The third-order valence-corrected chi connectivity index (χ3v) is 6.96. The van der Waals surface area contributed by atoms with Gasteiger partial charge in [-0.05, 0) is 45.6 Å². The summed E-state index contributed by atoms with van der Waals surface area (Å²) in [5.41, 5.74) is 3.79. The van der Waals surface area contributed by atoms with Crippen molar-refractivity contribution in [3.8, 4) is 11.3 Å². The summed E-state index contributed by atoms with van der Waals surface area (Å²) in [6, 6.07) is 12.6. The van der Waals surface area contributed by atoms with Crippen LogP contribution in [0.4, 0.5) is 10.5 Å². The van der Waals surface area contributed by atoms with E-state index in [1.165, 1.54) is 18.2 Å². The fourth-order valence-electron chi connectivity index (χ4n) is 4.78. The quantitative estimate of drug-likeness (QED) is 0.258. The summed E-state index contributed by atoms with van der Waals surface area (Å²) in [6.07, 6.45) is 3.95. The van der Waals surface area contributed by atoms with Crippen LogP contribution in [0.1, 0.15) is 51.2 Å². The molecule has 2 aliphatic heterocycles. The highest BCUT2D eigenvalue weighted by Gasteiger charge is 2.25. The van der Waals surface area contributed by atoms with Crippen LogP contribution in [0.15, 0.2) is 40.8 Å². The predicted molar refractivity (Wildman–Crippen MR) is 147 cm³/mol. The minimum atomic E-state index is -0.433. The number of carbonyl (C=O) groups excluding carboxylic acids is 1. The molecule has 0 radical (unpaired) electrons. The molecule has 0 aromatic heterocycles. The van der Waals surface area contributed by atoms with Crippen molar-refractivity contribution in [2.24, 2.45) is 0 Å². The number of unbranched alkanes of at least 4 members (excludes halogenated alkanes) is 1. The lowest BCUT2D eigenvalue weighted by molar-refractivity contribution is 0.0757. The van der Waals surface area contributed by atoms with Crippen molar-refractivity contribution in [1.82, 2.24) is 14.4 Å². The molecule has 0 bridgehead atoms. The summed E-state index contributed by atoms with van der Waals surface area (Å²) in [5.74, 6) is 0.816. The van der Waals surface area contributed by atoms with E-state index in [-0.39, 0.29) is 6.09 Å². The number of carbonyl (C=O) groups is 1. The monoisotopic (exact) mass is 493 g/mol. The molecule has 36 heavy (non-hydrogen) atoms. The maximum Gasteiger partial charge on any atom is 0.410 e. The van der Waals surface area contributed by atoms with E-state index >= 15 is 0 Å². The maximum atomic E-state index is 12.9. The molecule has 7 heteroatoms. The molecule has 1 saturated heterocycles. The van der Waals surface area contributed by atoms with Crippen LogP contribution in [0, 0.1) is 0 Å². The number of hydrogen-bond acceptors (Lipinski definition) is 5. The zero-order chi connectivity index (χ0) is 25.7. The Balaban J connectivity index is 1.75. The van der Waals surface area contributed by atoms with E-state index in [1.807, 2.05) is 21.0 Å². The number of benzene rings is 2. The Kier molecular flexibility index (Phi) is 8.52. The van der Waals surface area contributed by atoms with Gasteiger partial charge < -0.3 is 24.3 Å². The van der Waals surface area contributed by atoms with Gasteiger partial charge in [-0.1, -0.05) is 13.3 Å². The highest BCUT2D eigenvalue weighted by atomic mass is 16.6. The molecular formula is C29H41N4O3+. The number of anilines is 1. The molecule has 7 nitrogen and oxygen atoms in total. The molecular weight excluding hydrogens is 452 g/mol. The van der Waals surface area contributed by atoms with Crippen LogP contribution in [0.3, 0.4) is 0 Å². The third-order valence-electron chi connectivity index (χ3n) is 6.96. The van der Waals surface area contributed by atoms with Crippen molar-refractivity contribution in [3.05, 3.63) is 47.3 Å². The zero-order valence-electron chi connectivity index (χ0n) is 22.5. The van der Waals surface area contributed by atoms with Crippen molar-refractivity contribution in [2.75, 3.05) is 59.2 Å². The standard InChI is InChI=1S/C29H40N4O3/c1-6-7-14-30-22-10-12-24-26(19-22)36-27-20-23(33-15-8-9-16-33)11-13-25(27)28(24)21(2)35-29(34)32(5)18-17-31(3)4/h10-13,19-21H,6-9,14-18H2,1-5H3/p+1. The van der Waals surface area contributed by atoms with Gasteiger partial charge in [0.05, 0.1) is 6.07 Å². The lowest BCUT2D eigenvalue weighted by atomic mass is 9.95. The van der Waals surface area contributed by atoms with Crippen molar-refractivity contribution in [3.63, 3.8) is 0 Å². The van der Waals surface area contributed by atoms with Gasteiger partial charge >= 0.3 is 6.09 Å². The summed E-state index contributed by atoms with van der Waals surface area (Å²) >= 11 is 0. The lowest BCUT2D eigenvalue weighted by Crippen LogP contribution is -2.34. The summed E-state index contributed by atoms with van der Waals surface area (Å²) < 4.78 is 14.9. The molecule has 194 valence electrons. The molecule has 1 aromatic carbocycles. The SMILES string of the molecule is CCCCNc1ccc2c(C(C)OC(=O)N(C)CCN(C)C)c3ccc(=[N+]4CCCC4)cc-3oc2c1. The van der Waals surface area contributed by atoms with E-state index in [0.717, 1.165) is 72.6 Å². The van der Waals surface area contributed by atoms with Gasteiger partial charge in [-0.2, -0.15) is 0 Å². The Morgan fingerprint density at radius 3 is 2.61 bits per heavy atom. The second kappa shape index (κ2) is 11.8. The average Bonchev–Trinajstić information content (AvgIpc) is 3.40. The smallest absolute Gasteiger partial charge is 0.410 e. The van der Waals surface area contributed by atoms with Gasteiger partial charge in [0, 0.05) is 73.9 Å². The van der Waals surface area contributed by atoms with Crippen LogP contribution in [0.25, 0.3) is 22.3 Å². The first-order chi connectivity index (χ1) is 17.4. The Labute approximate surface area is 214 Å². The predicted octanol–water partition coefficient (Wildman–Crippen LogP) is 5.01. The van der Waals surface area contributed by atoms with E-state index in [9.17, 15) is 4.79 Å².